The minimum atomic E-state index is -3.36. The summed E-state index contributed by atoms with van der Waals surface area (Å²) in [6.07, 6.45) is 2.19. The number of carbonyl (C=O) groups excluding carboxylic acids is 3. The molecule has 1 saturated heterocycles. The van der Waals surface area contributed by atoms with E-state index in [9.17, 15) is 23.2 Å². The van der Waals surface area contributed by atoms with Gasteiger partial charge in [0, 0.05) is 31.6 Å². The van der Waals surface area contributed by atoms with Gasteiger partial charge in [-0.05, 0) is 18.9 Å². The van der Waals surface area contributed by atoms with Crippen molar-refractivity contribution < 1.29 is 32.6 Å². The zero-order valence-electron chi connectivity index (χ0n) is 13.8. The average Bonchev–Trinajstić information content (AvgIpc) is 2.95. The van der Waals surface area contributed by atoms with E-state index in [1.165, 1.54) is 13.0 Å². The summed E-state index contributed by atoms with van der Waals surface area (Å²) in [4.78, 5) is 34.2. The number of ketones is 1. The molecule has 0 radical (unpaired) electrons. The van der Waals surface area contributed by atoms with Crippen molar-refractivity contribution in [2.45, 2.75) is 64.1 Å². The normalized spacial score (nSPS) is 29.6. The molecule has 0 bridgehead atoms. The molecule has 0 amide bonds. The Balaban J connectivity index is 2.01. The molecule has 1 aliphatic heterocycles. The minimum Gasteiger partial charge on any atom is -0.462 e. The van der Waals surface area contributed by atoms with Crippen molar-refractivity contribution in [3.63, 3.8) is 0 Å². The molecule has 4 atom stereocenters. The van der Waals surface area contributed by atoms with E-state index in [-0.39, 0.29) is 43.2 Å². The van der Waals surface area contributed by atoms with Gasteiger partial charge in [0.15, 0.2) is 0 Å². The molecule has 1 saturated carbocycles. The summed E-state index contributed by atoms with van der Waals surface area (Å²) in [5.74, 6) is -5.64. The van der Waals surface area contributed by atoms with Crippen molar-refractivity contribution in [2.24, 2.45) is 11.8 Å². The molecule has 0 aromatic carbocycles. The van der Waals surface area contributed by atoms with Gasteiger partial charge in [0.1, 0.15) is 12.2 Å². The maximum absolute atomic E-state index is 13.5. The van der Waals surface area contributed by atoms with Crippen LogP contribution in [-0.4, -0.2) is 35.9 Å². The number of allylic oxidation sites excluding steroid dienone is 2. The molecule has 0 spiro atoms. The largest absolute Gasteiger partial charge is 0.462 e. The first kappa shape index (κ1) is 18.5. The Kier molecular flexibility index (Phi) is 5.72. The van der Waals surface area contributed by atoms with E-state index in [4.69, 9.17) is 9.47 Å². The lowest BCUT2D eigenvalue weighted by atomic mass is 9.89. The Morgan fingerprint density at radius 2 is 2.12 bits per heavy atom. The lowest BCUT2D eigenvalue weighted by Gasteiger charge is -2.21. The maximum Gasteiger partial charge on any atom is 0.309 e. The maximum atomic E-state index is 13.5. The van der Waals surface area contributed by atoms with Crippen LogP contribution in [0.4, 0.5) is 8.78 Å². The van der Waals surface area contributed by atoms with Crippen LogP contribution in [0.2, 0.25) is 0 Å². The second-order valence-electron chi connectivity index (χ2n) is 6.40. The van der Waals surface area contributed by atoms with Crippen LogP contribution < -0.4 is 0 Å². The average molecular weight is 344 g/mol. The number of carbonyl (C=O) groups is 3. The number of hydrogen-bond acceptors (Lipinski definition) is 5. The first-order chi connectivity index (χ1) is 11.2. The molecule has 0 unspecified atom stereocenters. The molecule has 1 aliphatic carbocycles. The Hall–Kier alpha value is -1.79. The lowest BCUT2D eigenvalue weighted by Crippen LogP contribution is -2.27. The number of rotatable bonds is 7. The third-order valence-electron chi connectivity index (χ3n) is 4.57. The molecule has 5 nitrogen and oxygen atoms in total. The molecule has 2 aliphatic rings. The number of alkyl halides is 2. The summed E-state index contributed by atoms with van der Waals surface area (Å²) in [6, 6.07) is 0. The van der Waals surface area contributed by atoms with E-state index < -0.39 is 30.2 Å². The fourth-order valence-corrected chi connectivity index (χ4v) is 3.52. The van der Waals surface area contributed by atoms with Gasteiger partial charge in [0.05, 0.1) is 6.42 Å². The number of ether oxygens (including phenoxy) is 2. The standard InChI is InChI=1S/C17H22F2O5/c1-3-7-17(18,19)15(21)6-4-5-11-12-8-16(22)24-14(12)9-13(11)23-10(2)20/h4,6,11-14H,3,5,7-9H2,1-2H3/b6-4+/t11-,12-,13-,14+/m1/s1. The molecular formula is C17H22F2O5. The molecule has 0 aromatic rings. The van der Waals surface area contributed by atoms with Crippen LogP contribution in [0.15, 0.2) is 12.2 Å². The predicted molar refractivity (Wildman–Crippen MR) is 80.3 cm³/mol. The summed E-state index contributed by atoms with van der Waals surface area (Å²) in [5, 5.41) is 0. The van der Waals surface area contributed by atoms with Crippen LogP contribution >= 0.6 is 0 Å². The summed E-state index contributed by atoms with van der Waals surface area (Å²) in [6.45, 7) is 2.88. The van der Waals surface area contributed by atoms with Gasteiger partial charge in [0.2, 0.25) is 5.78 Å². The fourth-order valence-electron chi connectivity index (χ4n) is 3.52. The summed E-state index contributed by atoms with van der Waals surface area (Å²) in [5.41, 5.74) is 0. The predicted octanol–water partition coefficient (Wildman–Crippen LogP) is 2.82. The van der Waals surface area contributed by atoms with Gasteiger partial charge < -0.3 is 9.47 Å². The van der Waals surface area contributed by atoms with Gasteiger partial charge in [-0.15, -0.1) is 0 Å². The van der Waals surface area contributed by atoms with Crippen LogP contribution in [0.1, 0.15) is 46.0 Å². The first-order valence-corrected chi connectivity index (χ1v) is 8.20. The minimum absolute atomic E-state index is 0.113. The first-order valence-electron chi connectivity index (χ1n) is 8.20. The third kappa shape index (κ3) is 4.19. The van der Waals surface area contributed by atoms with Crippen molar-refractivity contribution in [1.29, 1.82) is 0 Å². The van der Waals surface area contributed by atoms with E-state index >= 15 is 0 Å². The molecule has 1 heterocycles. The Morgan fingerprint density at radius 3 is 2.75 bits per heavy atom. The van der Waals surface area contributed by atoms with Crippen molar-refractivity contribution in [2.75, 3.05) is 0 Å². The molecule has 24 heavy (non-hydrogen) atoms. The zero-order chi connectivity index (χ0) is 17.9. The molecular weight excluding hydrogens is 322 g/mol. The van der Waals surface area contributed by atoms with Gasteiger partial charge in [-0.3, -0.25) is 14.4 Å². The highest BCUT2D eigenvalue weighted by Gasteiger charge is 2.50. The van der Waals surface area contributed by atoms with E-state index in [0.717, 1.165) is 6.08 Å². The summed E-state index contributed by atoms with van der Waals surface area (Å²) < 4.78 is 37.5. The van der Waals surface area contributed by atoms with Crippen LogP contribution in [0, 0.1) is 11.8 Å². The third-order valence-corrected chi connectivity index (χ3v) is 4.57. The van der Waals surface area contributed by atoms with Gasteiger partial charge in [0.25, 0.3) is 0 Å². The number of hydrogen-bond donors (Lipinski definition) is 0. The highest BCUT2D eigenvalue weighted by atomic mass is 19.3. The van der Waals surface area contributed by atoms with Crippen molar-refractivity contribution in [3.8, 4) is 0 Å². The second kappa shape index (κ2) is 7.40. The quantitative estimate of drug-likeness (QED) is 0.525. The highest BCUT2D eigenvalue weighted by molar-refractivity contribution is 5.95. The van der Waals surface area contributed by atoms with Crippen LogP contribution in [0.3, 0.4) is 0 Å². The van der Waals surface area contributed by atoms with E-state index in [2.05, 4.69) is 0 Å². The lowest BCUT2D eigenvalue weighted by molar-refractivity contribution is -0.149. The SMILES string of the molecule is CCCC(F)(F)C(=O)/C=C/C[C@@H]1[C@H]2CC(=O)O[C@H]2C[C@H]1OC(C)=O. The second-order valence-corrected chi connectivity index (χ2v) is 6.40. The molecule has 134 valence electrons. The summed E-state index contributed by atoms with van der Waals surface area (Å²) in [7, 11) is 0. The van der Waals surface area contributed by atoms with Gasteiger partial charge in [-0.2, -0.15) is 8.78 Å². The van der Waals surface area contributed by atoms with E-state index in [1.54, 1.807) is 6.92 Å². The molecule has 2 rings (SSSR count). The monoisotopic (exact) mass is 344 g/mol. The molecule has 7 heteroatoms. The number of halogens is 2. The van der Waals surface area contributed by atoms with Gasteiger partial charge in [-0.25, -0.2) is 0 Å². The van der Waals surface area contributed by atoms with Gasteiger partial charge >= 0.3 is 17.9 Å². The van der Waals surface area contributed by atoms with Crippen molar-refractivity contribution >= 4 is 17.7 Å². The Labute approximate surface area is 139 Å². The van der Waals surface area contributed by atoms with Crippen molar-refractivity contribution in [1.82, 2.24) is 0 Å². The highest BCUT2D eigenvalue weighted by Crippen LogP contribution is 2.44. The summed E-state index contributed by atoms with van der Waals surface area (Å²) >= 11 is 0. The molecule has 0 N–H and O–H groups in total. The zero-order valence-corrected chi connectivity index (χ0v) is 13.8. The van der Waals surface area contributed by atoms with Crippen LogP contribution in [-0.2, 0) is 23.9 Å². The topological polar surface area (TPSA) is 69.7 Å². The van der Waals surface area contributed by atoms with Gasteiger partial charge in [-0.1, -0.05) is 13.0 Å². The number of esters is 2. The molecule has 2 fully saturated rings. The fraction of sp³-hybridized carbons (Fsp3) is 0.706. The molecule has 0 aromatic heterocycles. The smallest absolute Gasteiger partial charge is 0.309 e. The van der Waals surface area contributed by atoms with E-state index in [0.29, 0.717) is 6.42 Å². The Bertz CT molecular complexity index is 543. The Morgan fingerprint density at radius 1 is 1.42 bits per heavy atom. The van der Waals surface area contributed by atoms with Crippen molar-refractivity contribution in [3.05, 3.63) is 12.2 Å². The number of fused-ring (bicyclic) bond motifs is 1. The van der Waals surface area contributed by atoms with Crippen LogP contribution in [0.25, 0.3) is 0 Å². The van der Waals surface area contributed by atoms with E-state index in [1.807, 2.05) is 0 Å². The van der Waals surface area contributed by atoms with Crippen LogP contribution in [0.5, 0.6) is 0 Å².